The Kier molecular flexibility index (Phi) is 4.95. The van der Waals surface area contributed by atoms with Gasteiger partial charge in [-0.15, -0.1) is 0 Å². The molecular weight excluding hydrogens is 425 g/mol. The van der Waals surface area contributed by atoms with Crippen LogP contribution in [0, 0.1) is 5.82 Å². The highest BCUT2D eigenvalue weighted by Crippen LogP contribution is 2.43. The lowest BCUT2D eigenvalue weighted by Crippen LogP contribution is -2.40. The van der Waals surface area contributed by atoms with Crippen molar-refractivity contribution in [2.24, 2.45) is 0 Å². The molecule has 0 N–H and O–H groups in total. The van der Waals surface area contributed by atoms with E-state index in [0.29, 0.717) is 12.0 Å². The predicted molar refractivity (Wildman–Crippen MR) is 132 cm³/mol. The maximum absolute atomic E-state index is 13.9. The van der Waals surface area contributed by atoms with Crippen LogP contribution < -0.4 is 4.90 Å². The number of amides is 1. The van der Waals surface area contributed by atoms with Crippen LogP contribution in [0.4, 0.5) is 10.1 Å². The second kappa shape index (κ2) is 8.27. The summed E-state index contributed by atoms with van der Waals surface area (Å²) in [4.78, 5) is 20.7. The second-order valence-corrected chi connectivity index (χ2v) is 8.50. The van der Waals surface area contributed by atoms with Crippen LogP contribution in [-0.2, 0) is 6.42 Å². The minimum atomic E-state index is -0.363. The van der Waals surface area contributed by atoms with Crippen LogP contribution in [0.15, 0.2) is 103 Å². The van der Waals surface area contributed by atoms with Gasteiger partial charge in [-0.3, -0.25) is 14.3 Å². The summed E-state index contributed by atoms with van der Waals surface area (Å²) in [5.74, 6) is 0.313. The van der Waals surface area contributed by atoms with Gasteiger partial charge in [0.25, 0.3) is 5.91 Å². The Labute approximate surface area is 196 Å². The van der Waals surface area contributed by atoms with Gasteiger partial charge in [0, 0.05) is 5.56 Å². The van der Waals surface area contributed by atoms with Gasteiger partial charge in [-0.05, 0) is 66.9 Å². The molecule has 4 nitrogen and oxygen atoms in total. The molecule has 0 radical (unpaired) electrons. The van der Waals surface area contributed by atoms with E-state index in [1.54, 1.807) is 12.1 Å². The molecule has 0 fully saturated rings. The second-order valence-electron chi connectivity index (χ2n) is 8.50. The average molecular weight is 448 g/mol. The number of carbonyl (C=O) groups is 1. The van der Waals surface area contributed by atoms with Crippen molar-refractivity contribution in [1.82, 2.24) is 9.55 Å². The number of halogens is 1. The molecule has 166 valence electrons. The van der Waals surface area contributed by atoms with Crippen LogP contribution in [-0.4, -0.2) is 15.5 Å². The SMILES string of the molecule is O=C(c1ccc(F)cc1)N1c2ccccc2-n2c(nc3ccccc32)C1CCc1ccccc1. The molecule has 0 bridgehead atoms. The lowest BCUT2D eigenvalue weighted by molar-refractivity contribution is 0.0972. The molecule has 0 saturated carbocycles. The van der Waals surface area contributed by atoms with Crippen LogP contribution >= 0.6 is 0 Å². The molecule has 1 aliphatic heterocycles. The van der Waals surface area contributed by atoms with E-state index in [4.69, 9.17) is 4.98 Å². The lowest BCUT2D eigenvalue weighted by Gasteiger charge is -2.37. The number of rotatable bonds is 4. The Morgan fingerprint density at radius 2 is 1.47 bits per heavy atom. The number of hydrogen-bond acceptors (Lipinski definition) is 2. The van der Waals surface area contributed by atoms with Gasteiger partial charge < -0.3 is 0 Å². The first-order valence-corrected chi connectivity index (χ1v) is 11.4. The first-order valence-electron chi connectivity index (χ1n) is 11.4. The van der Waals surface area contributed by atoms with Crippen molar-refractivity contribution in [3.8, 4) is 5.69 Å². The predicted octanol–water partition coefficient (Wildman–Crippen LogP) is 6.50. The molecule has 1 unspecified atom stereocenters. The fourth-order valence-electron chi connectivity index (χ4n) is 4.85. The summed E-state index contributed by atoms with van der Waals surface area (Å²) >= 11 is 0. The normalized spacial score (nSPS) is 14.6. The number of anilines is 1. The number of fused-ring (bicyclic) bond motifs is 5. The van der Waals surface area contributed by atoms with Crippen LogP contribution in [0.5, 0.6) is 0 Å². The summed E-state index contributed by atoms with van der Waals surface area (Å²) in [6.45, 7) is 0. The zero-order valence-electron chi connectivity index (χ0n) is 18.4. The van der Waals surface area contributed by atoms with Crippen molar-refractivity contribution in [3.63, 3.8) is 0 Å². The number of aryl methyl sites for hydroxylation is 1. The molecule has 1 amide bonds. The van der Waals surface area contributed by atoms with Gasteiger partial charge >= 0.3 is 0 Å². The zero-order chi connectivity index (χ0) is 23.1. The Bertz CT molecular complexity index is 1490. The topological polar surface area (TPSA) is 38.1 Å². The molecular formula is C29H22FN3O. The minimum absolute atomic E-state index is 0.163. The third-order valence-corrected chi connectivity index (χ3v) is 6.44. The minimum Gasteiger partial charge on any atom is -0.296 e. The molecule has 0 aliphatic carbocycles. The molecule has 4 aromatic carbocycles. The fraction of sp³-hybridized carbons (Fsp3) is 0.103. The van der Waals surface area contributed by atoms with Gasteiger partial charge in [-0.1, -0.05) is 54.6 Å². The number of aromatic nitrogens is 2. The number of para-hydroxylation sites is 4. The van der Waals surface area contributed by atoms with Gasteiger partial charge in [0.1, 0.15) is 11.6 Å². The van der Waals surface area contributed by atoms with Crippen LogP contribution in [0.1, 0.15) is 34.2 Å². The van der Waals surface area contributed by atoms with E-state index in [1.165, 1.54) is 17.7 Å². The summed E-state index contributed by atoms with van der Waals surface area (Å²) in [5, 5.41) is 0. The van der Waals surface area contributed by atoms with Gasteiger partial charge in [0.05, 0.1) is 28.5 Å². The molecule has 5 aromatic rings. The monoisotopic (exact) mass is 447 g/mol. The molecule has 5 heteroatoms. The van der Waals surface area contributed by atoms with Crippen molar-refractivity contribution in [2.45, 2.75) is 18.9 Å². The van der Waals surface area contributed by atoms with Gasteiger partial charge in [-0.2, -0.15) is 0 Å². The summed E-state index contributed by atoms with van der Waals surface area (Å²) in [7, 11) is 0. The van der Waals surface area contributed by atoms with E-state index in [-0.39, 0.29) is 17.8 Å². The smallest absolute Gasteiger partial charge is 0.259 e. The third-order valence-electron chi connectivity index (χ3n) is 6.44. The van der Waals surface area contributed by atoms with Crippen LogP contribution in [0.2, 0.25) is 0 Å². The number of hydrogen-bond donors (Lipinski definition) is 0. The van der Waals surface area contributed by atoms with Crippen molar-refractivity contribution in [3.05, 3.63) is 126 Å². The summed E-state index contributed by atoms with van der Waals surface area (Å²) in [5.41, 5.74) is 5.31. The Balaban J connectivity index is 1.53. The molecule has 0 saturated heterocycles. The van der Waals surface area contributed by atoms with Gasteiger partial charge in [0.15, 0.2) is 0 Å². The lowest BCUT2D eigenvalue weighted by atomic mass is 9.99. The van der Waals surface area contributed by atoms with Crippen molar-refractivity contribution >= 4 is 22.6 Å². The average Bonchev–Trinajstić information content (AvgIpc) is 3.27. The zero-order valence-corrected chi connectivity index (χ0v) is 18.4. The van der Waals surface area contributed by atoms with Crippen molar-refractivity contribution in [1.29, 1.82) is 0 Å². The Morgan fingerprint density at radius 1 is 0.794 bits per heavy atom. The van der Waals surface area contributed by atoms with Crippen molar-refractivity contribution in [2.75, 3.05) is 4.90 Å². The molecule has 2 heterocycles. The molecule has 1 aliphatic rings. The molecule has 1 atom stereocenters. The third kappa shape index (κ3) is 3.37. The highest BCUT2D eigenvalue weighted by molar-refractivity contribution is 6.08. The van der Waals surface area contributed by atoms with E-state index in [1.807, 2.05) is 65.6 Å². The number of nitrogens with zero attached hydrogens (tertiary/aromatic N) is 3. The summed E-state index contributed by atoms with van der Waals surface area (Å²) in [6.07, 6.45) is 1.50. The van der Waals surface area contributed by atoms with E-state index in [2.05, 4.69) is 22.8 Å². The van der Waals surface area contributed by atoms with E-state index in [0.717, 1.165) is 34.7 Å². The molecule has 1 aromatic heterocycles. The largest absolute Gasteiger partial charge is 0.296 e. The number of imidazole rings is 1. The van der Waals surface area contributed by atoms with Gasteiger partial charge in [-0.25, -0.2) is 9.37 Å². The number of benzene rings is 4. The first-order chi connectivity index (χ1) is 16.7. The standard InChI is InChI=1S/C29H22FN3O/c30-22-17-15-21(16-18-22)29(34)33-26-13-7-6-12-25(26)32-24-11-5-4-10-23(24)31-28(32)27(33)19-14-20-8-2-1-3-9-20/h1-13,15-18,27H,14,19H2. The summed E-state index contributed by atoms with van der Waals surface area (Å²) in [6, 6.07) is 31.7. The Hall–Kier alpha value is -4.25. The fourth-order valence-corrected chi connectivity index (χ4v) is 4.85. The first kappa shape index (κ1) is 20.4. The highest BCUT2D eigenvalue weighted by Gasteiger charge is 2.37. The highest BCUT2D eigenvalue weighted by atomic mass is 19.1. The number of carbonyl (C=O) groups excluding carboxylic acids is 1. The van der Waals surface area contributed by atoms with Crippen LogP contribution in [0.3, 0.4) is 0 Å². The maximum atomic E-state index is 13.9. The van der Waals surface area contributed by atoms with Gasteiger partial charge in [0.2, 0.25) is 0 Å². The molecule has 6 rings (SSSR count). The van der Waals surface area contributed by atoms with E-state index in [9.17, 15) is 9.18 Å². The van der Waals surface area contributed by atoms with Crippen molar-refractivity contribution < 1.29 is 9.18 Å². The maximum Gasteiger partial charge on any atom is 0.259 e. The molecule has 0 spiro atoms. The Morgan fingerprint density at radius 3 is 2.26 bits per heavy atom. The summed E-state index contributed by atoms with van der Waals surface area (Å²) < 4.78 is 15.8. The quantitative estimate of drug-likeness (QED) is 0.315. The van der Waals surface area contributed by atoms with E-state index < -0.39 is 0 Å². The molecule has 34 heavy (non-hydrogen) atoms. The van der Waals surface area contributed by atoms with E-state index >= 15 is 0 Å². The van der Waals surface area contributed by atoms with Crippen LogP contribution in [0.25, 0.3) is 16.7 Å².